The van der Waals surface area contributed by atoms with Crippen molar-refractivity contribution < 1.29 is 32.2 Å². The number of carbonyl (C=O) groups excluding carboxylic acids is 1. The maximum Gasteiger partial charge on any atom is 0.186 e. The van der Waals surface area contributed by atoms with Crippen LogP contribution in [0, 0.1) is 0 Å². The zero-order valence-electron chi connectivity index (χ0n) is 15.0. The van der Waals surface area contributed by atoms with Gasteiger partial charge in [0, 0.05) is 13.5 Å². The molecule has 8 heteroatoms. The highest BCUT2D eigenvalue weighted by Crippen LogP contribution is 2.38. The summed E-state index contributed by atoms with van der Waals surface area (Å²) in [7, 11) is -2.32. The van der Waals surface area contributed by atoms with Crippen molar-refractivity contribution in [1.29, 1.82) is 0 Å². The topological polar surface area (TPSA) is 88.1 Å². The second-order valence-corrected chi connectivity index (χ2v) is 9.04. The average Bonchev–Trinajstić information content (AvgIpc) is 3.16. The van der Waals surface area contributed by atoms with E-state index in [9.17, 15) is 13.2 Å². The minimum atomic E-state index is -3.77. The van der Waals surface area contributed by atoms with Gasteiger partial charge in [-0.2, -0.15) is 0 Å². The highest BCUT2D eigenvalue weighted by Gasteiger charge is 2.56. The van der Waals surface area contributed by atoms with Gasteiger partial charge in [-0.25, -0.2) is 8.42 Å². The summed E-state index contributed by atoms with van der Waals surface area (Å²) >= 11 is 0. The van der Waals surface area contributed by atoms with E-state index in [1.807, 2.05) is 0 Å². The molecule has 0 saturated carbocycles. The Morgan fingerprint density at radius 3 is 2.50 bits per heavy atom. The van der Waals surface area contributed by atoms with Crippen LogP contribution in [-0.4, -0.2) is 63.9 Å². The van der Waals surface area contributed by atoms with E-state index in [1.54, 1.807) is 32.0 Å². The predicted octanol–water partition coefficient (Wildman–Crippen LogP) is 1.35. The van der Waals surface area contributed by atoms with Gasteiger partial charge in [0.05, 0.1) is 17.6 Å². The minimum absolute atomic E-state index is 0.0376. The lowest BCUT2D eigenvalue weighted by molar-refractivity contribution is -0.162. The molecule has 0 radical (unpaired) electrons. The Bertz CT molecular complexity index is 731. The number of aldehydes is 1. The van der Waals surface area contributed by atoms with Crippen LogP contribution in [0.1, 0.15) is 20.3 Å². The summed E-state index contributed by atoms with van der Waals surface area (Å²) in [5.41, 5.74) is 0. The zero-order valence-corrected chi connectivity index (χ0v) is 15.8. The number of methoxy groups -OCH3 is 1. The SMILES string of the molecule is CO[C@@H]1C(S(=O)(=O)c2ccccc2)[C@H](CC=O)O[C@@H]1C1COC(C)(C)O1. The monoisotopic (exact) mass is 384 g/mol. The molecule has 1 aromatic carbocycles. The van der Waals surface area contributed by atoms with Gasteiger partial charge >= 0.3 is 0 Å². The number of carbonyl (C=O) groups is 1. The largest absolute Gasteiger partial charge is 0.377 e. The van der Waals surface area contributed by atoms with E-state index >= 15 is 0 Å². The maximum atomic E-state index is 13.2. The van der Waals surface area contributed by atoms with Crippen LogP contribution in [0.15, 0.2) is 35.2 Å². The molecule has 1 aromatic rings. The summed E-state index contributed by atoms with van der Waals surface area (Å²) < 4.78 is 49.4. The molecule has 2 heterocycles. The van der Waals surface area contributed by atoms with Crippen molar-refractivity contribution in [2.45, 2.75) is 60.6 Å². The molecule has 0 aliphatic carbocycles. The van der Waals surface area contributed by atoms with Crippen molar-refractivity contribution in [3.63, 3.8) is 0 Å². The molecular weight excluding hydrogens is 360 g/mol. The molecule has 2 aliphatic heterocycles. The lowest BCUT2D eigenvalue weighted by Crippen LogP contribution is -2.45. The minimum Gasteiger partial charge on any atom is -0.377 e. The van der Waals surface area contributed by atoms with Gasteiger partial charge in [-0.1, -0.05) is 18.2 Å². The van der Waals surface area contributed by atoms with E-state index in [0.29, 0.717) is 6.29 Å². The molecule has 26 heavy (non-hydrogen) atoms. The number of hydrogen-bond acceptors (Lipinski definition) is 7. The van der Waals surface area contributed by atoms with Gasteiger partial charge in [0.15, 0.2) is 15.6 Å². The fraction of sp³-hybridized carbons (Fsp3) is 0.611. The third-order valence-electron chi connectivity index (χ3n) is 4.77. The first-order valence-corrected chi connectivity index (χ1v) is 10.1. The Morgan fingerprint density at radius 2 is 1.96 bits per heavy atom. The zero-order chi connectivity index (χ0) is 18.9. The van der Waals surface area contributed by atoms with E-state index in [1.165, 1.54) is 19.2 Å². The van der Waals surface area contributed by atoms with E-state index in [-0.39, 0.29) is 17.9 Å². The molecular formula is C18H24O7S. The Hall–Kier alpha value is -1.32. The molecule has 0 bridgehead atoms. The number of ether oxygens (including phenoxy) is 4. The number of sulfone groups is 1. The summed E-state index contributed by atoms with van der Waals surface area (Å²) in [4.78, 5) is 11.3. The second-order valence-electron chi connectivity index (χ2n) is 6.93. The Morgan fingerprint density at radius 1 is 1.27 bits per heavy atom. The van der Waals surface area contributed by atoms with Crippen molar-refractivity contribution in [1.82, 2.24) is 0 Å². The second kappa shape index (κ2) is 7.36. The summed E-state index contributed by atoms with van der Waals surface area (Å²) in [6.45, 7) is 3.83. The van der Waals surface area contributed by atoms with Gasteiger partial charge in [0.25, 0.3) is 0 Å². The van der Waals surface area contributed by atoms with E-state index in [4.69, 9.17) is 18.9 Å². The number of benzene rings is 1. The van der Waals surface area contributed by atoms with Gasteiger partial charge < -0.3 is 23.7 Å². The first kappa shape index (κ1) is 19.4. The van der Waals surface area contributed by atoms with Crippen LogP contribution in [0.3, 0.4) is 0 Å². The lowest BCUT2D eigenvalue weighted by atomic mass is 10.1. The Labute approximate surface area is 153 Å². The smallest absolute Gasteiger partial charge is 0.186 e. The third-order valence-corrected chi connectivity index (χ3v) is 6.99. The Balaban J connectivity index is 1.95. The molecule has 5 atom stereocenters. The molecule has 2 aliphatic rings. The van der Waals surface area contributed by atoms with Gasteiger partial charge in [-0.15, -0.1) is 0 Å². The molecule has 2 unspecified atom stereocenters. The highest BCUT2D eigenvalue weighted by molar-refractivity contribution is 7.92. The highest BCUT2D eigenvalue weighted by atomic mass is 32.2. The first-order valence-electron chi connectivity index (χ1n) is 8.53. The van der Waals surface area contributed by atoms with Crippen molar-refractivity contribution in [2.75, 3.05) is 13.7 Å². The molecule has 2 fully saturated rings. The molecule has 0 spiro atoms. The van der Waals surface area contributed by atoms with Crippen LogP contribution in [0.25, 0.3) is 0 Å². The summed E-state index contributed by atoms with van der Waals surface area (Å²) in [6, 6.07) is 8.13. The molecule has 0 aromatic heterocycles. The van der Waals surface area contributed by atoms with Gasteiger partial charge in [0.2, 0.25) is 0 Å². The predicted molar refractivity (Wildman–Crippen MR) is 92.5 cm³/mol. The van der Waals surface area contributed by atoms with Gasteiger partial charge in [-0.05, 0) is 26.0 Å². The quantitative estimate of drug-likeness (QED) is 0.684. The Kier molecular flexibility index (Phi) is 5.50. The molecule has 2 saturated heterocycles. The van der Waals surface area contributed by atoms with Crippen LogP contribution in [-0.2, 0) is 33.6 Å². The van der Waals surface area contributed by atoms with Gasteiger partial charge in [0.1, 0.15) is 29.8 Å². The van der Waals surface area contributed by atoms with E-state index in [0.717, 1.165) is 0 Å². The number of rotatable bonds is 6. The fourth-order valence-electron chi connectivity index (χ4n) is 3.63. The lowest BCUT2D eigenvalue weighted by Gasteiger charge is -2.26. The first-order chi connectivity index (χ1) is 12.3. The van der Waals surface area contributed by atoms with E-state index in [2.05, 4.69) is 0 Å². The van der Waals surface area contributed by atoms with Crippen LogP contribution < -0.4 is 0 Å². The van der Waals surface area contributed by atoms with Crippen LogP contribution >= 0.6 is 0 Å². The van der Waals surface area contributed by atoms with Crippen molar-refractivity contribution >= 4 is 16.1 Å². The average molecular weight is 384 g/mol. The summed E-state index contributed by atoms with van der Waals surface area (Å²) in [5, 5.41) is -1.00. The third kappa shape index (κ3) is 3.57. The normalized spacial score (nSPS) is 34.0. The van der Waals surface area contributed by atoms with E-state index < -0.39 is 45.3 Å². The molecule has 0 N–H and O–H groups in total. The van der Waals surface area contributed by atoms with Crippen LogP contribution in [0.2, 0.25) is 0 Å². The summed E-state index contributed by atoms with van der Waals surface area (Å²) in [5.74, 6) is -0.775. The van der Waals surface area contributed by atoms with Crippen molar-refractivity contribution in [2.24, 2.45) is 0 Å². The van der Waals surface area contributed by atoms with Crippen LogP contribution in [0.4, 0.5) is 0 Å². The van der Waals surface area contributed by atoms with Crippen LogP contribution in [0.5, 0.6) is 0 Å². The standard InChI is InChI=1S/C18H24O7S/c1-18(2)23-11-14(25-18)15-16(22-3)17(13(24-15)9-10-19)26(20,21)12-7-5-4-6-8-12/h4-8,10,13-17H,9,11H2,1-3H3/t13-,14?,15+,16-,17?/m0/s1. The molecule has 7 nitrogen and oxygen atoms in total. The molecule has 144 valence electrons. The van der Waals surface area contributed by atoms with Gasteiger partial charge in [-0.3, -0.25) is 0 Å². The summed E-state index contributed by atoms with van der Waals surface area (Å²) in [6.07, 6.45) is -2.06. The van der Waals surface area contributed by atoms with Crippen molar-refractivity contribution in [3.05, 3.63) is 30.3 Å². The number of hydrogen-bond donors (Lipinski definition) is 0. The maximum absolute atomic E-state index is 13.2. The molecule has 3 rings (SSSR count). The van der Waals surface area contributed by atoms with Crippen molar-refractivity contribution in [3.8, 4) is 0 Å². The molecule has 0 amide bonds. The fourth-order valence-corrected chi connectivity index (χ4v) is 5.67.